The molecule has 2 N–H and O–H groups in total. The summed E-state index contributed by atoms with van der Waals surface area (Å²) in [6.07, 6.45) is 0.737. The zero-order valence-corrected chi connectivity index (χ0v) is 10.6. The molecule has 5 nitrogen and oxygen atoms in total. The Labute approximate surface area is 114 Å². The maximum atomic E-state index is 13.2. The van der Waals surface area contributed by atoms with Crippen molar-refractivity contribution >= 4 is 5.69 Å². The van der Waals surface area contributed by atoms with Gasteiger partial charge in [-0.3, -0.25) is 10.1 Å². The maximum absolute atomic E-state index is 13.2. The second-order valence-electron chi connectivity index (χ2n) is 4.15. The van der Waals surface area contributed by atoms with Gasteiger partial charge in [0.15, 0.2) is 0 Å². The van der Waals surface area contributed by atoms with Crippen molar-refractivity contribution in [3.8, 4) is 11.5 Å². The van der Waals surface area contributed by atoms with Gasteiger partial charge in [0.05, 0.1) is 4.92 Å². The number of nitro benzene ring substituents is 1. The van der Waals surface area contributed by atoms with Crippen LogP contribution in [0.5, 0.6) is 11.5 Å². The first-order valence-corrected chi connectivity index (χ1v) is 6.01. The molecule has 0 aliphatic rings. The molecule has 0 bridgehead atoms. The summed E-state index contributed by atoms with van der Waals surface area (Å²) in [7, 11) is 0. The van der Waals surface area contributed by atoms with E-state index in [1.165, 1.54) is 0 Å². The quantitative estimate of drug-likeness (QED) is 0.672. The maximum Gasteiger partial charge on any atom is 0.311 e. The number of rotatable bonds is 5. The van der Waals surface area contributed by atoms with E-state index < -0.39 is 10.7 Å². The highest BCUT2D eigenvalue weighted by molar-refractivity contribution is 5.48. The lowest BCUT2D eigenvalue weighted by Gasteiger charge is -2.07. The van der Waals surface area contributed by atoms with Gasteiger partial charge >= 0.3 is 5.69 Å². The summed E-state index contributed by atoms with van der Waals surface area (Å²) >= 11 is 0. The lowest BCUT2D eigenvalue weighted by Crippen LogP contribution is -2.02. The van der Waals surface area contributed by atoms with E-state index in [-0.39, 0.29) is 11.4 Å². The topological polar surface area (TPSA) is 78.4 Å². The molecule has 0 fully saturated rings. The molecule has 0 heterocycles. The predicted molar refractivity (Wildman–Crippen MR) is 72.3 cm³/mol. The van der Waals surface area contributed by atoms with Crippen molar-refractivity contribution < 1.29 is 14.1 Å². The fraction of sp³-hybridized carbons (Fsp3) is 0.143. The number of ether oxygens (including phenoxy) is 1. The summed E-state index contributed by atoms with van der Waals surface area (Å²) in [5, 5.41) is 10.9. The third-order valence-corrected chi connectivity index (χ3v) is 2.70. The zero-order chi connectivity index (χ0) is 14.5. The van der Waals surface area contributed by atoms with Crippen molar-refractivity contribution in [2.45, 2.75) is 6.42 Å². The molecular formula is C14H13FN2O3. The van der Waals surface area contributed by atoms with Crippen LogP contribution in [0.1, 0.15) is 5.56 Å². The third kappa shape index (κ3) is 3.30. The Kier molecular flexibility index (Phi) is 4.27. The van der Waals surface area contributed by atoms with Crippen molar-refractivity contribution in [3.63, 3.8) is 0 Å². The largest absolute Gasteiger partial charge is 0.450 e. The molecule has 0 aromatic heterocycles. The second kappa shape index (κ2) is 6.12. The van der Waals surface area contributed by atoms with Gasteiger partial charge in [-0.2, -0.15) is 0 Å². The van der Waals surface area contributed by atoms with Crippen LogP contribution in [-0.4, -0.2) is 11.5 Å². The number of hydrogen-bond acceptors (Lipinski definition) is 4. The van der Waals surface area contributed by atoms with E-state index in [1.54, 1.807) is 12.1 Å². The van der Waals surface area contributed by atoms with Crippen LogP contribution in [0.2, 0.25) is 0 Å². The summed E-state index contributed by atoms with van der Waals surface area (Å²) in [6, 6.07) is 10.1. The highest BCUT2D eigenvalue weighted by Crippen LogP contribution is 2.31. The fourth-order valence-electron chi connectivity index (χ4n) is 1.74. The summed E-state index contributed by atoms with van der Waals surface area (Å²) < 4.78 is 18.5. The lowest BCUT2D eigenvalue weighted by atomic mass is 10.1. The Balaban J connectivity index is 2.25. The lowest BCUT2D eigenvalue weighted by molar-refractivity contribution is -0.385. The van der Waals surface area contributed by atoms with Gasteiger partial charge < -0.3 is 10.5 Å². The number of nitrogens with zero attached hydrogens (tertiary/aromatic N) is 1. The SMILES string of the molecule is NCCc1ccc(Oc2cc(F)ccc2[N+](=O)[O-])cc1. The molecule has 0 aliphatic heterocycles. The van der Waals surface area contributed by atoms with Crippen LogP contribution in [0.25, 0.3) is 0 Å². The van der Waals surface area contributed by atoms with E-state index in [1.807, 2.05) is 12.1 Å². The van der Waals surface area contributed by atoms with Gasteiger partial charge in [0.1, 0.15) is 11.6 Å². The summed E-state index contributed by atoms with van der Waals surface area (Å²) in [6.45, 7) is 0.537. The summed E-state index contributed by atoms with van der Waals surface area (Å²) in [4.78, 5) is 10.2. The van der Waals surface area contributed by atoms with Crippen LogP contribution in [0.15, 0.2) is 42.5 Å². The molecular weight excluding hydrogens is 263 g/mol. The molecule has 0 spiro atoms. The molecule has 0 aliphatic carbocycles. The van der Waals surface area contributed by atoms with E-state index in [0.29, 0.717) is 12.3 Å². The fourth-order valence-corrected chi connectivity index (χ4v) is 1.74. The predicted octanol–water partition coefficient (Wildman–Crippen LogP) is 3.03. The average molecular weight is 276 g/mol. The molecule has 104 valence electrons. The van der Waals surface area contributed by atoms with Crippen molar-refractivity contribution in [1.29, 1.82) is 0 Å². The van der Waals surface area contributed by atoms with Crippen molar-refractivity contribution in [2.75, 3.05) is 6.54 Å². The smallest absolute Gasteiger partial charge is 0.311 e. The van der Waals surface area contributed by atoms with Crippen LogP contribution < -0.4 is 10.5 Å². The van der Waals surface area contributed by atoms with Gasteiger partial charge in [-0.05, 0) is 36.7 Å². The van der Waals surface area contributed by atoms with E-state index in [9.17, 15) is 14.5 Å². The van der Waals surface area contributed by atoms with Crippen molar-refractivity contribution in [1.82, 2.24) is 0 Å². The molecule has 0 unspecified atom stereocenters. The Bertz CT molecular complexity index is 614. The number of benzene rings is 2. The Morgan fingerprint density at radius 2 is 1.90 bits per heavy atom. The van der Waals surface area contributed by atoms with Gasteiger partial charge in [0.2, 0.25) is 5.75 Å². The van der Waals surface area contributed by atoms with Gasteiger partial charge in [0, 0.05) is 12.1 Å². The highest BCUT2D eigenvalue weighted by atomic mass is 19.1. The monoisotopic (exact) mass is 276 g/mol. The standard InChI is InChI=1S/C14H13FN2O3/c15-11-3-6-13(17(18)19)14(9-11)20-12-4-1-10(2-5-12)7-8-16/h1-6,9H,7-8,16H2. The van der Waals surface area contributed by atoms with Crippen molar-refractivity contribution in [2.24, 2.45) is 5.73 Å². The number of nitro groups is 1. The molecule has 2 rings (SSSR count). The average Bonchev–Trinajstić information content (AvgIpc) is 2.41. The normalized spacial score (nSPS) is 10.3. The Morgan fingerprint density at radius 3 is 2.50 bits per heavy atom. The minimum atomic E-state index is -0.614. The molecule has 0 saturated carbocycles. The number of halogens is 1. The molecule has 6 heteroatoms. The third-order valence-electron chi connectivity index (χ3n) is 2.70. The Morgan fingerprint density at radius 1 is 1.20 bits per heavy atom. The minimum Gasteiger partial charge on any atom is -0.450 e. The van der Waals surface area contributed by atoms with E-state index in [0.717, 1.165) is 30.2 Å². The van der Waals surface area contributed by atoms with Crippen LogP contribution in [0.3, 0.4) is 0 Å². The number of nitrogens with two attached hydrogens (primary N) is 1. The molecule has 2 aromatic carbocycles. The number of hydrogen-bond donors (Lipinski definition) is 1. The molecule has 2 aromatic rings. The highest BCUT2D eigenvalue weighted by Gasteiger charge is 2.16. The first-order valence-electron chi connectivity index (χ1n) is 6.01. The van der Waals surface area contributed by atoms with Crippen LogP contribution in [0, 0.1) is 15.9 Å². The second-order valence-corrected chi connectivity index (χ2v) is 4.15. The van der Waals surface area contributed by atoms with E-state index in [4.69, 9.17) is 10.5 Å². The summed E-state index contributed by atoms with van der Waals surface area (Å²) in [5.41, 5.74) is 6.20. The van der Waals surface area contributed by atoms with Crippen LogP contribution in [-0.2, 0) is 6.42 Å². The molecule has 20 heavy (non-hydrogen) atoms. The first-order chi connectivity index (χ1) is 9.60. The van der Waals surface area contributed by atoms with Gasteiger partial charge in [-0.1, -0.05) is 12.1 Å². The Hall–Kier alpha value is -2.47. The van der Waals surface area contributed by atoms with Crippen molar-refractivity contribution in [3.05, 3.63) is 64.0 Å². The van der Waals surface area contributed by atoms with Gasteiger partial charge in [-0.25, -0.2) is 4.39 Å². The van der Waals surface area contributed by atoms with Gasteiger partial charge in [0.25, 0.3) is 0 Å². The van der Waals surface area contributed by atoms with Crippen LogP contribution >= 0.6 is 0 Å². The molecule has 0 radical (unpaired) electrons. The molecule has 0 saturated heterocycles. The summed E-state index contributed by atoms with van der Waals surface area (Å²) in [5.74, 6) is -0.314. The van der Waals surface area contributed by atoms with E-state index in [2.05, 4.69) is 0 Å². The van der Waals surface area contributed by atoms with Gasteiger partial charge in [-0.15, -0.1) is 0 Å². The molecule has 0 amide bonds. The van der Waals surface area contributed by atoms with E-state index >= 15 is 0 Å². The first kappa shape index (κ1) is 14.0. The minimum absolute atomic E-state index is 0.124. The molecule has 0 atom stereocenters. The van der Waals surface area contributed by atoms with Crippen LogP contribution in [0.4, 0.5) is 10.1 Å². The zero-order valence-electron chi connectivity index (χ0n) is 10.6.